The molecule has 2 aromatic carbocycles. The van der Waals surface area contributed by atoms with Gasteiger partial charge in [-0.1, -0.05) is 12.1 Å². The second-order valence-corrected chi connectivity index (χ2v) is 7.67. The Kier molecular flexibility index (Phi) is 5.04. The molecule has 0 unspecified atom stereocenters. The number of rotatable bonds is 4. The third-order valence-corrected chi connectivity index (χ3v) is 5.57. The van der Waals surface area contributed by atoms with Gasteiger partial charge in [0.05, 0.1) is 18.1 Å². The topological polar surface area (TPSA) is 32.8 Å². The van der Waals surface area contributed by atoms with Crippen molar-refractivity contribution in [1.82, 2.24) is 9.13 Å². The van der Waals surface area contributed by atoms with Gasteiger partial charge in [0.1, 0.15) is 31.0 Å². The van der Waals surface area contributed by atoms with Crippen molar-refractivity contribution in [2.75, 3.05) is 20.2 Å². The minimum atomic E-state index is 0.271. The highest BCUT2D eigenvalue weighted by molar-refractivity contribution is 7.71. The second-order valence-electron chi connectivity index (χ2n) is 7.31. The number of nitrogens with one attached hydrogen (secondary N) is 1. The molecule has 142 valence electrons. The molecule has 0 saturated carbocycles. The lowest BCUT2D eigenvalue weighted by molar-refractivity contribution is -0.936. The van der Waals surface area contributed by atoms with E-state index in [1.165, 1.54) is 4.90 Å². The molecule has 0 spiro atoms. The molecular formula is C21H26N3O2S+. The van der Waals surface area contributed by atoms with Gasteiger partial charge in [0.2, 0.25) is 0 Å². The van der Waals surface area contributed by atoms with Gasteiger partial charge in [-0.2, -0.15) is 0 Å². The summed E-state index contributed by atoms with van der Waals surface area (Å²) in [6.45, 7) is 7.13. The highest BCUT2D eigenvalue weighted by Crippen LogP contribution is 2.23. The summed E-state index contributed by atoms with van der Waals surface area (Å²) in [5.74, 6) is 0.842. The van der Waals surface area contributed by atoms with E-state index in [0.29, 0.717) is 0 Å². The Balaban J connectivity index is 1.77. The van der Waals surface area contributed by atoms with Gasteiger partial charge in [-0.05, 0) is 62.5 Å². The zero-order valence-corrected chi connectivity index (χ0v) is 16.8. The van der Waals surface area contributed by atoms with Gasteiger partial charge in [0.15, 0.2) is 11.4 Å². The van der Waals surface area contributed by atoms with Gasteiger partial charge >= 0.3 is 0 Å². The number of methoxy groups -OCH3 is 1. The number of aromatic nitrogens is 2. The first-order valence-corrected chi connectivity index (χ1v) is 9.81. The number of fused-ring (bicyclic) bond motifs is 1. The lowest BCUT2D eigenvalue weighted by atomic mass is 10.2. The van der Waals surface area contributed by atoms with Crippen LogP contribution in [0.3, 0.4) is 0 Å². The van der Waals surface area contributed by atoms with Crippen LogP contribution >= 0.6 is 12.2 Å². The van der Waals surface area contributed by atoms with Crippen LogP contribution in [0.2, 0.25) is 0 Å². The van der Waals surface area contributed by atoms with Crippen molar-refractivity contribution in [3.63, 3.8) is 0 Å². The van der Waals surface area contributed by atoms with Crippen LogP contribution in [0.1, 0.15) is 13.8 Å². The molecule has 0 aliphatic carbocycles. The molecular weight excluding hydrogens is 358 g/mol. The van der Waals surface area contributed by atoms with Gasteiger partial charge in [-0.25, -0.2) is 0 Å². The van der Waals surface area contributed by atoms with Crippen LogP contribution in [0.4, 0.5) is 0 Å². The van der Waals surface area contributed by atoms with Gasteiger partial charge in [0, 0.05) is 5.69 Å². The molecule has 0 radical (unpaired) electrons. The third-order valence-electron chi connectivity index (χ3n) is 5.16. The maximum absolute atomic E-state index is 5.91. The number of imidazole rings is 1. The smallest absolute Gasteiger partial charge is 0.189 e. The van der Waals surface area contributed by atoms with Crippen LogP contribution in [0.25, 0.3) is 16.7 Å². The summed E-state index contributed by atoms with van der Waals surface area (Å²) in [6.07, 6.45) is 0.542. The average molecular weight is 385 g/mol. The molecule has 1 N–H and O–H groups in total. The predicted octanol–water partition coefficient (Wildman–Crippen LogP) is 2.82. The first-order valence-electron chi connectivity index (χ1n) is 9.40. The number of hydrogen-bond donors (Lipinski definition) is 1. The first kappa shape index (κ1) is 18.2. The number of benzene rings is 2. The quantitative estimate of drug-likeness (QED) is 0.702. The Hall–Kier alpha value is -2.15. The highest BCUT2D eigenvalue weighted by atomic mass is 32.1. The summed E-state index contributed by atoms with van der Waals surface area (Å²) in [5.41, 5.74) is 3.34. The number of morpholine rings is 1. The SMILES string of the molecule is COc1ccc(-n2c(=S)n(C[NH+]3C[C@H](C)O[C@@H](C)C3)c3ccccc32)cc1. The first-order chi connectivity index (χ1) is 13.1. The van der Waals surface area contributed by atoms with Crippen LogP contribution in [-0.4, -0.2) is 41.5 Å². The van der Waals surface area contributed by atoms with Crippen LogP contribution in [-0.2, 0) is 11.4 Å². The summed E-state index contributed by atoms with van der Waals surface area (Å²) in [7, 11) is 1.68. The summed E-state index contributed by atoms with van der Waals surface area (Å²) in [5, 5.41) is 0. The van der Waals surface area contributed by atoms with Gasteiger partial charge in [-0.3, -0.25) is 9.13 Å². The second kappa shape index (κ2) is 7.46. The zero-order valence-electron chi connectivity index (χ0n) is 16.0. The van der Waals surface area contributed by atoms with Crippen molar-refractivity contribution in [2.45, 2.75) is 32.7 Å². The van der Waals surface area contributed by atoms with Crippen molar-refractivity contribution in [3.05, 3.63) is 53.3 Å². The number of ether oxygens (including phenoxy) is 2. The fraction of sp³-hybridized carbons (Fsp3) is 0.381. The minimum Gasteiger partial charge on any atom is -0.497 e. The normalized spacial score (nSPS) is 22.9. The van der Waals surface area contributed by atoms with Crippen molar-refractivity contribution in [2.24, 2.45) is 0 Å². The van der Waals surface area contributed by atoms with Crippen LogP contribution in [0, 0.1) is 4.77 Å². The largest absolute Gasteiger partial charge is 0.497 e. The predicted molar refractivity (Wildman–Crippen MR) is 109 cm³/mol. The lowest BCUT2D eigenvalue weighted by Crippen LogP contribution is -3.14. The molecule has 6 heteroatoms. The van der Waals surface area contributed by atoms with Crippen molar-refractivity contribution in [3.8, 4) is 11.4 Å². The molecule has 0 bridgehead atoms. The Morgan fingerprint density at radius 1 is 1.04 bits per heavy atom. The summed E-state index contributed by atoms with van der Waals surface area (Å²) in [6, 6.07) is 16.5. The van der Waals surface area contributed by atoms with E-state index in [1.807, 2.05) is 12.1 Å². The Morgan fingerprint density at radius 3 is 2.30 bits per heavy atom. The number of nitrogens with zero attached hydrogens (tertiary/aromatic N) is 2. The van der Waals surface area contributed by atoms with E-state index in [2.05, 4.69) is 59.4 Å². The molecule has 1 aliphatic rings. The summed E-state index contributed by atoms with van der Waals surface area (Å²) in [4.78, 5) is 1.50. The molecule has 5 nitrogen and oxygen atoms in total. The third kappa shape index (κ3) is 3.52. The Labute approximate surface area is 164 Å². The molecule has 1 fully saturated rings. The van der Waals surface area contributed by atoms with E-state index in [4.69, 9.17) is 21.7 Å². The average Bonchev–Trinajstić information content (AvgIpc) is 2.93. The minimum absolute atomic E-state index is 0.271. The molecule has 2 heterocycles. The van der Waals surface area contributed by atoms with E-state index in [1.54, 1.807) is 7.11 Å². The molecule has 27 heavy (non-hydrogen) atoms. The molecule has 3 aromatic rings. The van der Waals surface area contributed by atoms with Crippen molar-refractivity contribution in [1.29, 1.82) is 0 Å². The lowest BCUT2D eigenvalue weighted by Gasteiger charge is -2.32. The van der Waals surface area contributed by atoms with Gasteiger partial charge in [-0.15, -0.1) is 0 Å². The van der Waals surface area contributed by atoms with Gasteiger partial charge in [0.25, 0.3) is 0 Å². The summed E-state index contributed by atoms with van der Waals surface area (Å²) >= 11 is 5.91. The number of para-hydroxylation sites is 2. The van der Waals surface area contributed by atoms with Gasteiger partial charge < -0.3 is 14.4 Å². The van der Waals surface area contributed by atoms with Crippen LogP contribution < -0.4 is 9.64 Å². The van der Waals surface area contributed by atoms with E-state index in [0.717, 1.165) is 47.0 Å². The zero-order chi connectivity index (χ0) is 19.0. The molecule has 1 aliphatic heterocycles. The maximum Gasteiger partial charge on any atom is 0.189 e. The van der Waals surface area contributed by atoms with Crippen LogP contribution in [0.15, 0.2) is 48.5 Å². The number of quaternary nitrogens is 1. The maximum atomic E-state index is 5.91. The molecule has 4 rings (SSSR count). The standard InChI is InChI=1S/C21H25N3O2S/c1-15-12-22(13-16(2)26-15)14-23-19-6-4-5-7-20(19)24(21(23)27)17-8-10-18(25-3)11-9-17/h4-11,15-16H,12-14H2,1-3H3/p+1/t15-,16-/m0/s1. The van der Waals surface area contributed by atoms with Crippen molar-refractivity contribution < 1.29 is 14.4 Å². The fourth-order valence-electron chi connectivity index (χ4n) is 4.08. The van der Waals surface area contributed by atoms with E-state index >= 15 is 0 Å². The highest BCUT2D eigenvalue weighted by Gasteiger charge is 2.26. The van der Waals surface area contributed by atoms with Crippen molar-refractivity contribution >= 4 is 23.3 Å². The molecule has 2 atom stereocenters. The Morgan fingerprint density at radius 2 is 1.67 bits per heavy atom. The Bertz CT molecular complexity index is 983. The van der Waals surface area contributed by atoms with E-state index in [-0.39, 0.29) is 12.2 Å². The monoisotopic (exact) mass is 384 g/mol. The van der Waals surface area contributed by atoms with Crippen LogP contribution in [0.5, 0.6) is 5.75 Å². The molecule has 1 aromatic heterocycles. The van der Waals surface area contributed by atoms with E-state index in [9.17, 15) is 0 Å². The fourth-order valence-corrected chi connectivity index (χ4v) is 4.45. The van der Waals surface area contributed by atoms with E-state index < -0.39 is 0 Å². The number of hydrogen-bond acceptors (Lipinski definition) is 3. The molecule has 0 amide bonds. The summed E-state index contributed by atoms with van der Waals surface area (Å²) < 4.78 is 16.4. The molecule has 1 saturated heterocycles.